The number of carboxylic acid groups (broad SMARTS) is 1. The first-order chi connectivity index (χ1) is 8.99. The van der Waals surface area contributed by atoms with Gasteiger partial charge in [0.1, 0.15) is 6.04 Å². The minimum atomic E-state index is -0.998. The predicted molar refractivity (Wildman–Crippen MR) is 75.4 cm³/mol. The van der Waals surface area contributed by atoms with Crippen molar-refractivity contribution < 1.29 is 14.7 Å². The number of carbonyl (C=O) groups excluding carboxylic acids is 1. The SMILES string of the molecule is CC(C)CC(NC(=O)NCCc1cccs1)C(=O)O. The smallest absolute Gasteiger partial charge is 0.326 e. The van der Waals surface area contributed by atoms with Crippen molar-refractivity contribution in [1.29, 1.82) is 0 Å². The average molecular weight is 284 g/mol. The average Bonchev–Trinajstić information content (AvgIpc) is 2.80. The number of hydrogen-bond donors (Lipinski definition) is 3. The zero-order chi connectivity index (χ0) is 14.3. The van der Waals surface area contributed by atoms with Gasteiger partial charge < -0.3 is 15.7 Å². The molecule has 1 aromatic heterocycles. The molecule has 2 amide bonds. The van der Waals surface area contributed by atoms with Crippen LogP contribution in [0.25, 0.3) is 0 Å². The number of thiophene rings is 1. The third-order valence-corrected chi connectivity index (χ3v) is 3.48. The Morgan fingerprint density at radius 2 is 2.16 bits per heavy atom. The van der Waals surface area contributed by atoms with Crippen molar-refractivity contribution in [2.75, 3.05) is 6.54 Å². The summed E-state index contributed by atoms with van der Waals surface area (Å²) in [6.45, 7) is 4.35. The molecule has 0 aliphatic rings. The minimum Gasteiger partial charge on any atom is -0.480 e. The second-order valence-electron chi connectivity index (χ2n) is 4.75. The lowest BCUT2D eigenvalue weighted by Crippen LogP contribution is -2.47. The van der Waals surface area contributed by atoms with E-state index < -0.39 is 18.0 Å². The fourth-order valence-corrected chi connectivity index (χ4v) is 2.37. The Morgan fingerprint density at radius 3 is 2.68 bits per heavy atom. The zero-order valence-corrected chi connectivity index (χ0v) is 12.0. The molecular weight excluding hydrogens is 264 g/mol. The highest BCUT2D eigenvalue weighted by atomic mass is 32.1. The molecule has 1 heterocycles. The highest BCUT2D eigenvalue weighted by Crippen LogP contribution is 2.08. The standard InChI is InChI=1S/C13H20N2O3S/c1-9(2)8-11(12(16)17)15-13(18)14-6-5-10-4-3-7-19-10/h3-4,7,9,11H,5-6,8H2,1-2H3,(H,16,17)(H2,14,15,18). The number of carboxylic acids is 1. The number of urea groups is 1. The van der Waals surface area contributed by atoms with Crippen LogP contribution < -0.4 is 10.6 Å². The van der Waals surface area contributed by atoms with Gasteiger partial charge in [-0.1, -0.05) is 19.9 Å². The summed E-state index contributed by atoms with van der Waals surface area (Å²) in [4.78, 5) is 23.8. The van der Waals surface area contributed by atoms with Gasteiger partial charge in [0.25, 0.3) is 0 Å². The van der Waals surface area contributed by atoms with Crippen LogP contribution in [0.15, 0.2) is 17.5 Å². The monoisotopic (exact) mass is 284 g/mol. The van der Waals surface area contributed by atoms with Crippen molar-refractivity contribution >= 4 is 23.3 Å². The number of hydrogen-bond acceptors (Lipinski definition) is 3. The van der Waals surface area contributed by atoms with Crippen LogP contribution in [0.5, 0.6) is 0 Å². The molecule has 0 radical (unpaired) electrons. The third kappa shape index (κ3) is 6.24. The van der Waals surface area contributed by atoms with Crippen LogP contribution in [0.4, 0.5) is 4.79 Å². The highest BCUT2D eigenvalue weighted by Gasteiger charge is 2.20. The summed E-state index contributed by atoms with van der Waals surface area (Å²) in [5.41, 5.74) is 0. The first-order valence-electron chi connectivity index (χ1n) is 6.28. The van der Waals surface area contributed by atoms with Crippen LogP contribution in [0.3, 0.4) is 0 Å². The lowest BCUT2D eigenvalue weighted by atomic mass is 10.0. The maximum absolute atomic E-state index is 11.6. The molecule has 0 aliphatic carbocycles. The Bertz CT molecular complexity index is 404. The molecule has 3 N–H and O–H groups in total. The van der Waals surface area contributed by atoms with Crippen molar-refractivity contribution in [3.8, 4) is 0 Å². The second kappa shape index (κ2) is 7.78. The maximum Gasteiger partial charge on any atom is 0.326 e. The third-order valence-electron chi connectivity index (χ3n) is 2.55. The number of amides is 2. The molecule has 1 atom stereocenters. The summed E-state index contributed by atoms with van der Waals surface area (Å²) in [5, 5.41) is 16.1. The first-order valence-corrected chi connectivity index (χ1v) is 7.16. The maximum atomic E-state index is 11.6. The summed E-state index contributed by atoms with van der Waals surface area (Å²) < 4.78 is 0. The number of nitrogens with one attached hydrogen (secondary N) is 2. The lowest BCUT2D eigenvalue weighted by molar-refractivity contribution is -0.139. The van der Waals surface area contributed by atoms with Crippen molar-refractivity contribution in [3.05, 3.63) is 22.4 Å². The number of aliphatic carboxylic acids is 1. The van der Waals surface area contributed by atoms with Gasteiger partial charge in [0.05, 0.1) is 0 Å². The van der Waals surface area contributed by atoms with E-state index in [1.165, 1.54) is 4.88 Å². The van der Waals surface area contributed by atoms with Gasteiger partial charge in [-0.25, -0.2) is 9.59 Å². The van der Waals surface area contributed by atoms with Gasteiger partial charge in [-0.15, -0.1) is 11.3 Å². The van der Waals surface area contributed by atoms with E-state index in [1.807, 2.05) is 31.4 Å². The largest absolute Gasteiger partial charge is 0.480 e. The molecular formula is C13H20N2O3S. The van der Waals surface area contributed by atoms with Gasteiger partial charge in [0.2, 0.25) is 0 Å². The molecule has 106 valence electrons. The molecule has 0 saturated carbocycles. The van der Waals surface area contributed by atoms with E-state index >= 15 is 0 Å². The molecule has 6 heteroatoms. The molecule has 0 bridgehead atoms. The van der Waals surface area contributed by atoms with Gasteiger partial charge in [-0.2, -0.15) is 0 Å². The summed E-state index contributed by atoms with van der Waals surface area (Å²) in [6.07, 6.45) is 1.18. The van der Waals surface area contributed by atoms with Crippen LogP contribution in [0, 0.1) is 5.92 Å². The van der Waals surface area contributed by atoms with Crippen molar-refractivity contribution in [2.24, 2.45) is 5.92 Å². The van der Waals surface area contributed by atoms with Crippen LogP contribution in [0.1, 0.15) is 25.1 Å². The molecule has 0 spiro atoms. The van der Waals surface area contributed by atoms with Crippen LogP contribution in [0.2, 0.25) is 0 Å². The normalized spacial score (nSPS) is 12.2. The number of rotatable bonds is 7. The Labute approximate surface area is 117 Å². The minimum absolute atomic E-state index is 0.215. The summed E-state index contributed by atoms with van der Waals surface area (Å²) in [5.74, 6) is -0.783. The van der Waals surface area contributed by atoms with Gasteiger partial charge >= 0.3 is 12.0 Å². The van der Waals surface area contributed by atoms with Crippen molar-refractivity contribution in [2.45, 2.75) is 32.7 Å². The summed E-state index contributed by atoms with van der Waals surface area (Å²) in [7, 11) is 0. The van der Waals surface area contributed by atoms with Gasteiger partial charge in [0, 0.05) is 11.4 Å². The highest BCUT2D eigenvalue weighted by molar-refractivity contribution is 7.09. The van der Waals surface area contributed by atoms with Gasteiger partial charge in [0.15, 0.2) is 0 Å². The van der Waals surface area contributed by atoms with Crippen molar-refractivity contribution in [1.82, 2.24) is 10.6 Å². The molecule has 0 aromatic carbocycles. The fraction of sp³-hybridized carbons (Fsp3) is 0.538. The molecule has 1 unspecified atom stereocenters. The van der Waals surface area contributed by atoms with Crippen LogP contribution in [-0.2, 0) is 11.2 Å². The van der Waals surface area contributed by atoms with E-state index in [1.54, 1.807) is 11.3 Å². The quantitative estimate of drug-likeness (QED) is 0.717. The topological polar surface area (TPSA) is 78.4 Å². The molecule has 19 heavy (non-hydrogen) atoms. The Balaban J connectivity index is 2.30. The van der Waals surface area contributed by atoms with E-state index in [-0.39, 0.29) is 5.92 Å². The van der Waals surface area contributed by atoms with E-state index in [9.17, 15) is 9.59 Å². The van der Waals surface area contributed by atoms with E-state index in [2.05, 4.69) is 10.6 Å². The van der Waals surface area contributed by atoms with Crippen molar-refractivity contribution in [3.63, 3.8) is 0 Å². The van der Waals surface area contributed by atoms with E-state index in [4.69, 9.17) is 5.11 Å². The Morgan fingerprint density at radius 1 is 1.42 bits per heavy atom. The molecule has 0 aliphatic heterocycles. The number of carbonyl (C=O) groups is 2. The molecule has 1 rings (SSSR count). The summed E-state index contributed by atoms with van der Waals surface area (Å²) >= 11 is 1.64. The van der Waals surface area contributed by atoms with Gasteiger partial charge in [-0.05, 0) is 30.2 Å². The van der Waals surface area contributed by atoms with E-state index in [0.717, 1.165) is 6.42 Å². The van der Waals surface area contributed by atoms with Crippen LogP contribution in [-0.4, -0.2) is 29.7 Å². The zero-order valence-electron chi connectivity index (χ0n) is 11.2. The molecule has 0 saturated heterocycles. The summed E-state index contributed by atoms with van der Waals surface area (Å²) in [6, 6.07) is 2.71. The molecule has 5 nitrogen and oxygen atoms in total. The van der Waals surface area contributed by atoms with E-state index in [0.29, 0.717) is 13.0 Å². The first kappa shape index (κ1) is 15.5. The Hall–Kier alpha value is -1.56. The molecule has 0 fully saturated rings. The van der Waals surface area contributed by atoms with Gasteiger partial charge in [-0.3, -0.25) is 0 Å². The fourth-order valence-electron chi connectivity index (χ4n) is 1.66. The molecule has 1 aromatic rings. The predicted octanol–water partition coefficient (Wildman–Crippen LogP) is 2.09. The Kier molecular flexibility index (Phi) is 6.35. The lowest BCUT2D eigenvalue weighted by Gasteiger charge is -2.16. The second-order valence-corrected chi connectivity index (χ2v) is 5.78. The van der Waals surface area contributed by atoms with Crippen LogP contribution >= 0.6 is 11.3 Å².